The predicted octanol–water partition coefficient (Wildman–Crippen LogP) is 2.75. The summed E-state index contributed by atoms with van der Waals surface area (Å²) >= 11 is 1.42. The highest BCUT2D eigenvalue weighted by Crippen LogP contribution is 2.40. The molecular formula is C12H18N2O3S. The van der Waals surface area contributed by atoms with Crippen LogP contribution < -0.4 is 0 Å². The number of rotatable bonds is 4. The standard InChI is InChI=1S/C12H18N2O3S/c1-3-8-4-5-9(11(15)16)10(6-8)18-12-14-13-7(2)17-12/h8-10H,3-6H2,1-2H3,(H,15,16). The topological polar surface area (TPSA) is 76.2 Å². The van der Waals surface area contributed by atoms with Gasteiger partial charge in [0, 0.05) is 12.2 Å². The lowest BCUT2D eigenvalue weighted by molar-refractivity contribution is -0.142. The normalized spacial score (nSPS) is 28.2. The molecule has 5 nitrogen and oxygen atoms in total. The Labute approximate surface area is 110 Å². The average Bonchev–Trinajstić information content (AvgIpc) is 2.74. The molecule has 1 aromatic rings. The van der Waals surface area contributed by atoms with Crippen molar-refractivity contribution in [2.24, 2.45) is 11.8 Å². The van der Waals surface area contributed by atoms with E-state index in [0.717, 1.165) is 25.7 Å². The molecule has 0 aliphatic heterocycles. The van der Waals surface area contributed by atoms with Crippen molar-refractivity contribution in [3.05, 3.63) is 5.89 Å². The van der Waals surface area contributed by atoms with Crippen LogP contribution in [0.3, 0.4) is 0 Å². The van der Waals surface area contributed by atoms with E-state index < -0.39 is 5.97 Å². The fraction of sp³-hybridized carbons (Fsp3) is 0.750. The van der Waals surface area contributed by atoms with E-state index in [2.05, 4.69) is 17.1 Å². The molecule has 0 amide bonds. The monoisotopic (exact) mass is 270 g/mol. The molecule has 6 heteroatoms. The third-order valence-corrected chi connectivity index (χ3v) is 4.74. The van der Waals surface area contributed by atoms with E-state index in [1.54, 1.807) is 6.92 Å². The van der Waals surface area contributed by atoms with Gasteiger partial charge < -0.3 is 9.52 Å². The van der Waals surface area contributed by atoms with Gasteiger partial charge in [-0.2, -0.15) is 0 Å². The van der Waals surface area contributed by atoms with Gasteiger partial charge in [-0.05, 0) is 25.2 Å². The van der Waals surface area contributed by atoms with Crippen LogP contribution in [0.15, 0.2) is 9.64 Å². The first kappa shape index (κ1) is 13.4. The van der Waals surface area contributed by atoms with Crippen molar-refractivity contribution in [3.63, 3.8) is 0 Å². The van der Waals surface area contributed by atoms with E-state index >= 15 is 0 Å². The second-order valence-corrected chi connectivity index (χ2v) is 5.97. The van der Waals surface area contributed by atoms with Gasteiger partial charge in [-0.25, -0.2) is 0 Å². The molecule has 1 aliphatic rings. The molecule has 0 spiro atoms. The summed E-state index contributed by atoms with van der Waals surface area (Å²) in [4.78, 5) is 11.3. The van der Waals surface area contributed by atoms with E-state index in [-0.39, 0.29) is 11.2 Å². The molecule has 1 heterocycles. The summed E-state index contributed by atoms with van der Waals surface area (Å²) < 4.78 is 5.33. The van der Waals surface area contributed by atoms with E-state index in [4.69, 9.17) is 4.42 Å². The van der Waals surface area contributed by atoms with Gasteiger partial charge in [0.2, 0.25) is 5.89 Å². The highest BCUT2D eigenvalue weighted by molar-refractivity contribution is 7.99. The Hall–Kier alpha value is -1.04. The molecule has 3 unspecified atom stereocenters. The largest absolute Gasteiger partial charge is 0.481 e. The van der Waals surface area contributed by atoms with E-state index in [0.29, 0.717) is 17.0 Å². The lowest BCUT2D eigenvalue weighted by Crippen LogP contribution is -2.32. The Balaban J connectivity index is 2.07. The molecule has 0 saturated heterocycles. The van der Waals surface area contributed by atoms with Crippen LogP contribution in [0.5, 0.6) is 0 Å². The maximum atomic E-state index is 11.3. The Morgan fingerprint density at radius 1 is 1.50 bits per heavy atom. The smallest absolute Gasteiger partial charge is 0.307 e. The van der Waals surface area contributed by atoms with Crippen LogP contribution in [0.25, 0.3) is 0 Å². The minimum absolute atomic E-state index is 0.0426. The van der Waals surface area contributed by atoms with Gasteiger partial charge in [-0.15, -0.1) is 10.2 Å². The predicted molar refractivity (Wildman–Crippen MR) is 67.4 cm³/mol. The number of aromatic nitrogens is 2. The summed E-state index contributed by atoms with van der Waals surface area (Å²) in [5.74, 6) is 0.123. The first-order chi connectivity index (χ1) is 8.60. The summed E-state index contributed by atoms with van der Waals surface area (Å²) in [5.41, 5.74) is 0. The molecule has 1 saturated carbocycles. The zero-order valence-electron chi connectivity index (χ0n) is 10.6. The van der Waals surface area contributed by atoms with Crippen molar-refractivity contribution in [2.45, 2.75) is 50.0 Å². The molecule has 18 heavy (non-hydrogen) atoms. The summed E-state index contributed by atoms with van der Waals surface area (Å²) in [6.45, 7) is 3.89. The van der Waals surface area contributed by atoms with Crippen LogP contribution in [0.4, 0.5) is 0 Å². The highest BCUT2D eigenvalue weighted by atomic mass is 32.2. The van der Waals surface area contributed by atoms with Crippen LogP contribution >= 0.6 is 11.8 Å². The average molecular weight is 270 g/mol. The number of aryl methyl sites for hydroxylation is 1. The summed E-state index contributed by atoms with van der Waals surface area (Å²) in [6.07, 6.45) is 3.78. The quantitative estimate of drug-likeness (QED) is 0.906. The maximum absolute atomic E-state index is 11.3. The Morgan fingerprint density at radius 2 is 2.28 bits per heavy atom. The van der Waals surface area contributed by atoms with Crippen LogP contribution in [-0.4, -0.2) is 26.5 Å². The number of aliphatic carboxylic acids is 1. The minimum atomic E-state index is -0.710. The van der Waals surface area contributed by atoms with Crippen molar-refractivity contribution >= 4 is 17.7 Å². The first-order valence-electron chi connectivity index (χ1n) is 6.29. The second-order valence-electron chi connectivity index (χ2n) is 4.78. The fourth-order valence-electron chi connectivity index (χ4n) is 2.45. The lowest BCUT2D eigenvalue weighted by Gasteiger charge is -2.32. The van der Waals surface area contributed by atoms with Crippen molar-refractivity contribution in [1.82, 2.24) is 10.2 Å². The minimum Gasteiger partial charge on any atom is -0.481 e. The van der Waals surface area contributed by atoms with Crippen molar-refractivity contribution in [3.8, 4) is 0 Å². The number of carboxylic acid groups (broad SMARTS) is 1. The number of thioether (sulfide) groups is 1. The first-order valence-corrected chi connectivity index (χ1v) is 7.17. The lowest BCUT2D eigenvalue weighted by atomic mass is 9.80. The molecule has 0 bridgehead atoms. The molecule has 0 radical (unpaired) electrons. The summed E-state index contributed by atoms with van der Waals surface area (Å²) in [5, 5.41) is 17.5. The molecule has 2 rings (SSSR count). The van der Waals surface area contributed by atoms with Gasteiger partial charge in [0.15, 0.2) is 0 Å². The van der Waals surface area contributed by atoms with Gasteiger partial charge in [0.25, 0.3) is 5.22 Å². The van der Waals surface area contributed by atoms with Crippen LogP contribution in [0, 0.1) is 18.8 Å². The molecular weight excluding hydrogens is 252 g/mol. The molecule has 1 aromatic heterocycles. The molecule has 1 aliphatic carbocycles. The van der Waals surface area contributed by atoms with E-state index in [9.17, 15) is 9.90 Å². The molecule has 100 valence electrons. The highest BCUT2D eigenvalue weighted by Gasteiger charge is 2.36. The zero-order chi connectivity index (χ0) is 13.1. The van der Waals surface area contributed by atoms with Gasteiger partial charge in [0.05, 0.1) is 5.92 Å². The zero-order valence-corrected chi connectivity index (χ0v) is 11.4. The number of carboxylic acids is 1. The van der Waals surface area contributed by atoms with Crippen molar-refractivity contribution < 1.29 is 14.3 Å². The second kappa shape index (κ2) is 5.73. The third-order valence-electron chi connectivity index (χ3n) is 3.55. The summed E-state index contributed by atoms with van der Waals surface area (Å²) in [7, 11) is 0. The van der Waals surface area contributed by atoms with E-state index in [1.165, 1.54) is 11.8 Å². The van der Waals surface area contributed by atoms with Crippen LogP contribution in [0.1, 0.15) is 38.5 Å². The maximum Gasteiger partial charge on any atom is 0.307 e. The van der Waals surface area contributed by atoms with Gasteiger partial charge >= 0.3 is 5.97 Å². The summed E-state index contributed by atoms with van der Waals surface area (Å²) in [6, 6.07) is 0. The molecule has 3 atom stereocenters. The van der Waals surface area contributed by atoms with Crippen LogP contribution in [-0.2, 0) is 4.79 Å². The van der Waals surface area contributed by atoms with Crippen molar-refractivity contribution in [2.75, 3.05) is 0 Å². The van der Waals surface area contributed by atoms with Crippen molar-refractivity contribution in [1.29, 1.82) is 0 Å². The number of hydrogen-bond donors (Lipinski definition) is 1. The van der Waals surface area contributed by atoms with E-state index in [1.807, 2.05) is 0 Å². The van der Waals surface area contributed by atoms with Gasteiger partial charge in [0.1, 0.15) is 0 Å². The Bertz CT molecular complexity index is 421. The van der Waals surface area contributed by atoms with Crippen LogP contribution in [0.2, 0.25) is 0 Å². The number of hydrogen-bond acceptors (Lipinski definition) is 5. The molecule has 0 aromatic carbocycles. The fourth-order valence-corrected chi connectivity index (χ4v) is 3.75. The SMILES string of the molecule is CCC1CCC(C(=O)O)C(Sc2nnc(C)o2)C1. The Morgan fingerprint density at radius 3 is 2.83 bits per heavy atom. The third kappa shape index (κ3) is 3.04. The number of nitrogens with zero attached hydrogens (tertiary/aromatic N) is 2. The molecule has 1 fully saturated rings. The van der Waals surface area contributed by atoms with Gasteiger partial charge in [-0.3, -0.25) is 4.79 Å². The molecule has 1 N–H and O–H groups in total. The van der Waals surface area contributed by atoms with Gasteiger partial charge in [-0.1, -0.05) is 25.1 Å². The Kier molecular flexibility index (Phi) is 4.27. The number of carbonyl (C=O) groups is 1.